The summed E-state index contributed by atoms with van der Waals surface area (Å²) in [5, 5.41) is 1.96. The second kappa shape index (κ2) is 9.00. The summed E-state index contributed by atoms with van der Waals surface area (Å²) < 4.78 is 16.1. The molecule has 0 saturated carbocycles. The van der Waals surface area contributed by atoms with Gasteiger partial charge >= 0.3 is 0 Å². The fourth-order valence-corrected chi connectivity index (χ4v) is 2.94. The molecule has 0 N–H and O–H groups in total. The van der Waals surface area contributed by atoms with Crippen LogP contribution < -0.4 is 14.2 Å². The van der Waals surface area contributed by atoms with Crippen LogP contribution in [0.1, 0.15) is 21.6 Å². The van der Waals surface area contributed by atoms with E-state index in [0.717, 1.165) is 17.0 Å². The topological polar surface area (TPSA) is 57.7 Å². The van der Waals surface area contributed by atoms with Crippen molar-refractivity contribution in [3.8, 4) is 17.2 Å². The first-order chi connectivity index (χ1) is 13.2. The summed E-state index contributed by atoms with van der Waals surface area (Å²) >= 11 is 1.54. The summed E-state index contributed by atoms with van der Waals surface area (Å²) in [7, 11) is 3.10. The molecular formula is C21H19NO4S. The first-order valence-corrected chi connectivity index (χ1v) is 9.18. The van der Waals surface area contributed by atoms with Gasteiger partial charge in [-0.2, -0.15) is 0 Å². The number of hydrogen-bond donors (Lipinski definition) is 0. The lowest BCUT2D eigenvalue weighted by Crippen LogP contribution is -1.97. The Bertz CT molecular complexity index is 918. The highest BCUT2D eigenvalue weighted by Crippen LogP contribution is 2.28. The highest BCUT2D eigenvalue weighted by molar-refractivity contribution is 7.07. The molecule has 0 amide bonds. The minimum Gasteiger partial charge on any atom is -0.493 e. The fourth-order valence-electron chi connectivity index (χ4n) is 2.40. The monoisotopic (exact) mass is 381 g/mol. The summed E-state index contributed by atoms with van der Waals surface area (Å²) in [6, 6.07) is 12.6. The molecule has 0 spiro atoms. The van der Waals surface area contributed by atoms with Crippen LogP contribution in [0.2, 0.25) is 0 Å². The smallest absolute Gasteiger partial charge is 0.185 e. The molecule has 0 fully saturated rings. The SMILES string of the molecule is COc1ccc(C(=O)/C=C/c2ccc(OCc3cscn3)cc2)cc1OC. The maximum absolute atomic E-state index is 12.4. The third-order valence-electron chi connectivity index (χ3n) is 3.85. The van der Waals surface area contributed by atoms with E-state index in [4.69, 9.17) is 14.2 Å². The number of hydrogen-bond acceptors (Lipinski definition) is 6. The van der Waals surface area contributed by atoms with E-state index in [2.05, 4.69) is 4.98 Å². The summed E-state index contributed by atoms with van der Waals surface area (Å²) in [6.07, 6.45) is 3.30. The van der Waals surface area contributed by atoms with Crippen molar-refractivity contribution in [2.75, 3.05) is 14.2 Å². The van der Waals surface area contributed by atoms with Crippen molar-refractivity contribution in [1.82, 2.24) is 4.98 Å². The number of carbonyl (C=O) groups excluding carboxylic acids is 1. The Morgan fingerprint density at radius 1 is 1.07 bits per heavy atom. The molecule has 1 aromatic heterocycles. The lowest BCUT2D eigenvalue weighted by molar-refractivity contribution is 0.104. The molecule has 0 unspecified atom stereocenters. The van der Waals surface area contributed by atoms with E-state index in [1.54, 1.807) is 55.3 Å². The van der Waals surface area contributed by atoms with E-state index in [9.17, 15) is 4.79 Å². The van der Waals surface area contributed by atoms with Crippen LogP contribution in [-0.4, -0.2) is 25.0 Å². The molecule has 6 heteroatoms. The number of nitrogens with zero attached hydrogens (tertiary/aromatic N) is 1. The van der Waals surface area contributed by atoms with Gasteiger partial charge in [0.1, 0.15) is 12.4 Å². The molecule has 3 aromatic rings. The minimum absolute atomic E-state index is 0.111. The van der Waals surface area contributed by atoms with Gasteiger partial charge in [-0.25, -0.2) is 4.98 Å². The predicted molar refractivity (Wildman–Crippen MR) is 106 cm³/mol. The van der Waals surface area contributed by atoms with Crippen LogP contribution in [0.25, 0.3) is 6.08 Å². The average Bonchev–Trinajstić information content (AvgIpc) is 3.24. The van der Waals surface area contributed by atoms with E-state index in [1.807, 2.05) is 29.6 Å². The van der Waals surface area contributed by atoms with Crippen LogP contribution in [-0.2, 0) is 6.61 Å². The number of benzene rings is 2. The Balaban J connectivity index is 1.62. The molecule has 1 heterocycles. The average molecular weight is 381 g/mol. The first kappa shape index (κ1) is 18.7. The van der Waals surface area contributed by atoms with Gasteiger partial charge in [-0.3, -0.25) is 4.79 Å². The zero-order chi connectivity index (χ0) is 19.1. The first-order valence-electron chi connectivity index (χ1n) is 8.24. The van der Waals surface area contributed by atoms with Gasteiger partial charge in [0, 0.05) is 10.9 Å². The molecule has 0 radical (unpaired) electrons. The maximum atomic E-state index is 12.4. The zero-order valence-electron chi connectivity index (χ0n) is 15.0. The van der Waals surface area contributed by atoms with E-state index >= 15 is 0 Å². The molecule has 2 aromatic carbocycles. The molecule has 0 aliphatic rings. The standard InChI is InChI=1S/C21H19NO4S/c1-24-20-10-6-16(11-21(20)25-2)19(23)9-5-15-3-7-18(8-4-15)26-12-17-13-27-14-22-17/h3-11,13-14H,12H2,1-2H3/b9-5+. The number of allylic oxidation sites excluding steroid dienone is 1. The van der Waals surface area contributed by atoms with E-state index in [-0.39, 0.29) is 5.78 Å². The second-order valence-electron chi connectivity index (χ2n) is 5.60. The van der Waals surface area contributed by atoms with Crippen LogP contribution in [0.3, 0.4) is 0 Å². The van der Waals surface area contributed by atoms with Gasteiger partial charge in [0.05, 0.1) is 25.4 Å². The number of carbonyl (C=O) groups is 1. The number of ether oxygens (including phenoxy) is 3. The molecular weight excluding hydrogens is 362 g/mol. The quantitative estimate of drug-likeness (QED) is 0.420. The van der Waals surface area contributed by atoms with Crippen molar-refractivity contribution in [3.63, 3.8) is 0 Å². The van der Waals surface area contributed by atoms with Crippen LogP contribution in [0, 0.1) is 0 Å². The largest absolute Gasteiger partial charge is 0.493 e. The molecule has 0 aliphatic carbocycles. The van der Waals surface area contributed by atoms with Crippen LogP contribution in [0.5, 0.6) is 17.2 Å². The van der Waals surface area contributed by atoms with Crippen LogP contribution in [0.4, 0.5) is 0 Å². The summed E-state index contributed by atoms with van der Waals surface area (Å²) in [4.78, 5) is 16.6. The molecule has 0 atom stereocenters. The molecule has 138 valence electrons. The van der Waals surface area contributed by atoms with Gasteiger partial charge in [-0.05, 0) is 42.0 Å². The van der Waals surface area contributed by atoms with E-state index in [1.165, 1.54) is 6.08 Å². The Kier molecular flexibility index (Phi) is 6.22. The lowest BCUT2D eigenvalue weighted by atomic mass is 10.1. The van der Waals surface area contributed by atoms with Crippen molar-refractivity contribution in [1.29, 1.82) is 0 Å². The molecule has 0 aliphatic heterocycles. The second-order valence-corrected chi connectivity index (χ2v) is 6.32. The van der Waals surface area contributed by atoms with Crippen molar-refractivity contribution < 1.29 is 19.0 Å². The number of rotatable bonds is 8. The minimum atomic E-state index is -0.111. The van der Waals surface area contributed by atoms with E-state index in [0.29, 0.717) is 23.7 Å². The third-order valence-corrected chi connectivity index (χ3v) is 4.48. The maximum Gasteiger partial charge on any atom is 0.185 e. The van der Waals surface area contributed by atoms with Gasteiger partial charge in [0.25, 0.3) is 0 Å². The predicted octanol–water partition coefficient (Wildman–Crippen LogP) is 4.64. The van der Waals surface area contributed by atoms with Gasteiger partial charge in [-0.1, -0.05) is 18.2 Å². The van der Waals surface area contributed by atoms with Gasteiger partial charge < -0.3 is 14.2 Å². The van der Waals surface area contributed by atoms with E-state index < -0.39 is 0 Å². The number of methoxy groups -OCH3 is 2. The number of aromatic nitrogens is 1. The summed E-state index contributed by atoms with van der Waals surface area (Å²) in [5.74, 6) is 1.76. The molecule has 0 bridgehead atoms. The molecule has 3 rings (SSSR count). The van der Waals surface area contributed by atoms with Gasteiger partial charge in [0.2, 0.25) is 0 Å². The Labute approximate surface area is 161 Å². The lowest BCUT2D eigenvalue weighted by Gasteiger charge is -2.08. The Morgan fingerprint density at radius 2 is 1.85 bits per heavy atom. The van der Waals surface area contributed by atoms with Gasteiger partial charge in [-0.15, -0.1) is 11.3 Å². The number of thiazole rings is 1. The third kappa shape index (κ3) is 4.95. The zero-order valence-corrected chi connectivity index (χ0v) is 15.9. The highest BCUT2D eigenvalue weighted by atomic mass is 32.1. The molecule has 0 saturated heterocycles. The van der Waals surface area contributed by atoms with Crippen molar-refractivity contribution in [2.45, 2.75) is 6.61 Å². The number of ketones is 1. The molecule has 5 nitrogen and oxygen atoms in total. The summed E-state index contributed by atoms with van der Waals surface area (Å²) in [6.45, 7) is 0.441. The van der Waals surface area contributed by atoms with Crippen molar-refractivity contribution in [2.24, 2.45) is 0 Å². The van der Waals surface area contributed by atoms with Crippen LogP contribution in [0.15, 0.2) is 59.4 Å². The van der Waals surface area contributed by atoms with Crippen LogP contribution >= 0.6 is 11.3 Å². The Hall–Kier alpha value is -3.12. The summed E-state index contributed by atoms with van der Waals surface area (Å²) in [5.41, 5.74) is 4.13. The van der Waals surface area contributed by atoms with Crippen molar-refractivity contribution >= 4 is 23.2 Å². The normalized spacial score (nSPS) is 10.7. The van der Waals surface area contributed by atoms with Crippen molar-refractivity contribution in [3.05, 3.63) is 76.3 Å². The fraction of sp³-hybridized carbons (Fsp3) is 0.143. The van der Waals surface area contributed by atoms with Gasteiger partial charge in [0.15, 0.2) is 17.3 Å². The highest BCUT2D eigenvalue weighted by Gasteiger charge is 2.08. The molecule has 27 heavy (non-hydrogen) atoms. The Morgan fingerprint density at radius 3 is 2.52 bits per heavy atom.